The Morgan fingerprint density at radius 1 is 1.38 bits per heavy atom. The maximum absolute atomic E-state index is 5.83. The molecule has 3 heteroatoms. The Labute approximate surface area is 79.4 Å². The van der Waals surface area contributed by atoms with Gasteiger partial charge >= 0.3 is 0 Å². The molecule has 0 N–H and O–H groups in total. The summed E-state index contributed by atoms with van der Waals surface area (Å²) in [6, 6.07) is 0. The summed E-state index contributed by atoms with van der Waals surface area (Å²) in [4.78, 5) is 0. The van der Waals surface area contributed by atoms with Crippen LogP contribution in [0, 0.1) is 0 Å². The smallest absolute Gasteiger partial charge is 0.113 e. The topological polar surface area (TPSA) is 27.7 Å². The summed E-state index contributed by atoms with van der Waals surface area (Å²) in [5.41, 5.74) is -0.0555. The predicted octanol–water partition coefficient (Wildman–Crippen LogP) is 1.36. The molecule has 2 rings (SSSR count). The van der Waals surface area contributed by atoms with Gasteiger partial charge in [0, 0.05) is 20.6 Å². The molecular formula is C10H18O3. The molecule has 0 bridgehead atoms. The van der Waals surface area contributed by atoms with Gasteiger partial charge in [0.25, 0.3) is 0 Å². The van der Waals surface area contributed by atoms with Crippen LogP contribution in [-0.2, 0) is 14.2 Å². The Bertz CT molecular complexity index is 195. The third kappa shape index (κ3) is 1.30. The van der Waals surface area contributed by atoms with Crippen LogP contribution in [0.4, 0.5) is 0 Å². The van der Waals surface area contributed by atoms with E-state index in [4.69, 9.17) is 14.2 Å². The summed E-state index contributed by atoms with van der Waals surface area (Å²) in [6.07, 6.45) is 3.82. The molecule has 3 nitrogen and oxygen atoms in total. The molecule has 4 atom stereocenters. The van der Waals surface area contributed by atoms with E-state index in [9.17, 15) is 0 Å². The Balaban J connectivity index is 2.16. The molecule has 1 saturated carbocycles. The Kier molecular flexibility index (Phi) is 2.34. The second kappa shape index (κ2) is 3.23. The van der Waals surface area contributed by atoms with Crippen LogP contribution < -0.4 is 0 Å². The SMILES string of the molecule is CO[C@@H]1CCC2(OC)C[C@H](C)OC12. The van der Waals surface area contributed by atoms with Crippen molar-refractivity contribution in [3.8, 4) is 0 Å². The first-order valence-electron chi connectivity index (χ1n) is 4.95. The minimum atomic E-state index is -0.0555. The normalized spacial score (nSPS) is 49.6. The molecule has 0 aromatic heterocycles. The van der Waals surface area contributed by atoms with Crippen LogP contribution in [0.15, 0.2) is 0 Å². The summed E-state index contributed by atoms with van der Waals surface area (Å²) < 4.78 is 16.8. The number of rotatable bonds is 2. The maximum atomic E-state index is 5.83. The van der Waals surface area contributed by atoms with Crippen LogP contribution in [0.1, 0.15) is 26.2 Å². The van der Waals surface area contributed by atoms with Gasteiger partial charge in [0.05, 0.1) is 17.8 Å². The van der Waals surface area contributed by atoms with E-state index in [0.29, 0.717) is 6.10 Å². The van der Waals surface area contributed by atoms with E-state index in [1.807, 2.05) is 0 Å². The number of ether oxygens (including phenoxy) is 3. The Morgan fingerprint density at radius 3 is 2.77 bits per heavy atom. The average Bonchev–Trinajstić information content (AvgIpc) is 2.59. The van der Waals surface area contributed by atoms with Crippen LogP contribution in [0.25, 0.3) is 0 Å². The van der Waals surface area contributed by atoms with Gasteiger partial charge in [-0.15, -0.1) is 0 Å². The molecule has 0 aromatic rings. The monoisotopic (exact) mass is 186 g/mol. The highest BCUT2D eigenvalue weighted by atomic mass is 16.6. The van der Waals surface area contributed by atoms with Crippen molar-refractivity contribution >= 4 is 0 Å². The molecule has 1 aliphatic carbocycles. The van der Waals surface area contributed by atoms with Gasteiger partial charge in [-0.2, -0.15) is 0 Å². The van der Waals surface area contributed by atoms with E-state index < -0.39 is 0 Å². The van der Waals surface area contributed by atoms with E-state index in [0.717, 1.165) is 19.3 Å². The lowest BCUT2D eigenvalue weighted by Gasteiger charge is -2.27. The fraction of sp³-hybridized carbons (Fsp3) is 1.00. The summed E-state index contributed by atoms with van der Waals surface area (Å²) in [6.45, 7) is 2.10. The zero-order chi connectivity index (χ0) is 9.47. The second-order valence-electron chi connectivity index (χ2n) is 4.15. The first-order chi connectivity index (χ1) is 6.22. The zero-order valence-corrected chi connectivity index (χ0v) is 8.58. The third-order valence-electron chi connectivity index (χ3n) is 3.43. The number of fused-ring (bicyclic) bond motifs is 1. The largest absolute Gasteiger partial charge is 0.379 e. The molecule has 2 unspecified atom stereocenters. The molecule has 2 aliphatic rings. The van der Waals surface area contributed by atoms with Crippen LogP contribution >= 0.6 is 0 Å². The van der Waals surface area contributed by atoms with Gasteiger partial charge in [0.15, 0.2) is 0 Å². The molecule has 13 heavy (non-hydrogen) atoms. The summed E-state index contributed by atoms with van der Waals surface area (Å²) in [5, 5.41) is 0. The van der Waals surface area contributed by atoms with Crippen molar-refractivity contribution in [2.45, 2.75) is 50.1 Å². The first kappa shape index (κ1) is 9.44. The third-order valence-corrected chi connectivity index (χ3v) is 3.43. The molecule has 0 amide bonds. The highest BCUT2D eigenvalue weighted by Crippen LogP contribution is 2.45. The average molecular weight is 186 g/mol. The highest BCUT2D eigenvalue weighted by molar-refractivity contribution is 5.05. The van der Waals surface area contributed by atoms with Crippen LogP contribution in [0.3, 0.4) is 0 Å². The van der Waals surface area contributed by atoms with Gasteiger partial charge < -0.3 is 14.2 Å². The van der Waals surface area contributed by atoms with E-state index >= 15 is 0 Å². The van der Waals surface area contributed by atoms with Crippen molar-refractivity contribution in [2.24, 2.45) is 0 Å². The number of hydrogen-bond donors (Lipinski definition) is 0. The predicted molar refractivity (Wildman–Crippen MR) is 48.7 cm³/mol. The van der Waals surface area contributed by atoms with Crippen molar-refractivity contribution in [1.82, 2.24) is 0 Å². The highest BCUT2D eigenvalue weighted by Gasteiger charge is 2.55. The van der Waals surface area contributed by atoms with Crippen LogP contribution in [0.2, 0.25) is 0 Å². The molecule has 1 saturated heterocycles. The number of methoxy groups -OCH3 is 2. The fourth-order valence-corrected chi connectivity index (χ4v) is 2.78. The van der Waals surface area contributed by atoms with Crippen molar-refractivity contribution in [3.63, 3.8) is 0 Å². The van der Waals surface area contributed by atoms with Gasteiger partial charge in [-0.3, -0.25) is 0 Å². The molecule has 1 heterocycles. The minimum Gasteiger partial charge on any atom is -0.379 e. The van der Waals surface area contributed by atoms with Crippen molar-refractivity contribution in [2.75, 3.05) is 14.2 Å². The van der Waals surface area contributed by atoms with Gasteiger partial charge in [-0.25, -0.2) is 0 Å². The number of hydrogen-bond acceptors (Lipinski definition) is 3. The lowest BCUT2D eigenvalue weighted by atomic mass is 9.96. The van der Waals surface area contributed by atoms with Crippen LogP contribution in [-0.4, -0.2) is 38.1 Å². The first-order valence-corrected chi connectivity index (χ1v) is 4.95. The standard InChI is InChI=1S/C10H18O3/c1-7-6-10(12-3)5-4-8(11-2)9(10)13-7/h7-9H,4-6H2,1-3H3/t7-,8+,9?,10?/m0/s1. The molecule has 0 radical (unpaired) electrons. The lowest BCUT2D eigenvalue weighted by molar-refractivity contribution is -0.0948. The molecule has 76 valence electrons. The molecular weight excluding hydrogens is 168 g/mol. The van der Waals surface area contributed by atoms with Gasteiger partial charge in [-0.05, 0) is 19.8 Å². The van der Waals surface area contributed by atoms with Gasteiger partial charge in [0.1, 0.15) is 6.10 Å². The maximum Gasteiger partial charge on any atom is 0.113 e. The summed E-state index contributed by atoms with van der Waals surface area (Å²) in [5.74, 6) is 0. The van der Waals surface area contributed by atoms with E-state index in [-0.39, 0.29) is 17.8 Å². The van der Waals surface area contributed by atoms with Gasteiger partial charge in [0.2, 0.25) is 0 Å². The van der Waals surface area contributed by atoms with Crippen molar-refractivity contribution in [1.29, 1.82) is 0 Å². The van der Waals surface area contributed by atoms with E-state index in [2.05, 4.69) is 6.92 Å². The van der Waals surface area contributed by atoms with E-state index in [1.54, 1.807) is 14.2 Å². The van der Waals surface area contributed by atoms with Crippen molar-refractivity contribution < 1.29 is 14.2 Å². The molecule has 0 spiro atoms. The van der Waals surface area contributed by atoms with Crippen molar-refractivity contribution in [3.05, 3.63) is 0 Å². The quantitative estimate of drug-likeness (QED) is 0.651. The van der Waals surface area contributed by atoms with Crippen LogP contribution in [0.5, 0.6) is 0 Å². The Hall–Kier alpha value is -0.120. The summed E-state index contributed by atoms with van der Waals surface area (Å²) >= 11 is 0. The summed E-state index contributed by atoms with van der Waals surface area (Å²) in [7, 11) is 3.54. The van der Waals surface area contributed by atoms with Gasteiger partial charge in [-0.1, -0.05) is 0 Å². The molecule has 1 aliphatic heterocycles. The molecule has 2 fully saturated rings. The van der Waals surface area contributed by atoms with E-state index in [1.165, 1.54) is 0 Å². The minimum absolute atomic E-state index is 0.0555. The second-order valence-corrected chi connectivity index (χ2v) is 4.15. The molecule has 0 aromatic carbocycles. The Morgan fingerprint density at radius 2 is 2.15 bits per heavy atom. The fourth-order valence-electron chi connectivity index (χ4n) is 2.78. The zero-order valence-electron chi connectivity index (χ0n) is 8.58. The lowest BCUT2D eigenvalue weighted by Crippen LogP contribution is -2.40.